The van der Waals surface area contributed by atoms with E-state index in [0.29, 0.717) is 17.2 Å². The van der Waals surface area contributed by atoms with Gasteiger partial charge < -0.3 is 19.7 Å². The van der Waals surface area contributed by atoms with Crippen LogP contribution in [0.25, 0.3) is 0 Å². The fraction of sp³-hybridized carbons (Fsp3) is 0.167. The number of halogens is 1. The zero-order valence-electron chi connectivity index (χ0n) is 18.6. The predicted octanol–water partition coefficient (Wildman–Crippen LogP) is 3.33. The minimum absolute atomic E-state index is 0.0350. The summed E-state index contributed by atoms with van der Waals surface area (Å²) < 4.78 is 37.9. The van der Waals surface area contributed by atoms with Gasteiger partial charge in [0.15, 0.2) is 11.5 Å². The van der Waals surface area contributed by atoms with Crippen LogP contribution in [0.1, 0.15) is 5.56 Å². The Morgan fingerprint density at radius 1 is 1.00 bits per heavy atom. The number of fused-ring (bicyclic) bond motifs is 1. The molecule has 182 valence electrons. The van der Waals surface area contributed by atoms with Crippen molar-refractivity contribution in [2.45, 2.75) is 17.4 Å². The maximum Gasteiger partial charge on any atom is 0.329 e. The number of likely N-dealkylation sites (N-methyl/N-ethyl adjacent to an activating group) is 1. The zero-order valence-corrected chi connectivity index (χ0v) is 20.2. The molecule has 2 N–H and O–H groups in total. The molecule has 1 aliphatic rings. The van der Waals surface area contributed by atoms with Crippen LogP contribution < -0.4 is 24.4 Å². The molecule has 0 bridgehead atoms. The van der Waals surface area contributed by atoms with Crippen LogP contribution in [0.5, 0.6) is 11.5 Å². The third kappa shape index (κ3) is 5.67. The number of benzene rings is 3. The topological polar surface area (TPSA) is 114 Å². The van der Waals surface area contributed by atoms with Crippen molar-refractivity contribution < 1.29 is 27.5 Å². The van der Waals surface area contributed by atoms with Gasteiger partial charge in [-0.2, -0.15) is 0 Å². The largest absolute Gasteiger partial charge is 0.454 e. The molecule has 0 fully saturated rings. The highest BCUT2D eigenvalue weighted by Crippen LogP contribution is 2.35. The number of ether oxygens (including phenoxy) is 2. The first kappa shape index (κ1) is 24.4. The molecule has 0 saturated carbocycles. The maximum atomic E-state index is 13.4. The van der Waals surface area contributed by atoms with E-state index in [4.69, 9.17) is 21.1 Å². The quantitative estimate of drug-likeness (QED) is 0.499. The minimum Gasteiger partial charge on any atom is -0.454 e. The molecular weight excluding hydrogens is 494 g/mol. The van der Waals surface area contributed by atoms with Gasteiger partial charge in [0.25, 0.3) is 10.0 Å². The summed E-state index contributed by atoms with van der Waals surface area (Å²) in [5.74, 6) is 0.606. The zero-order chi connectivity index (χ0) is 25.0. The van der Waals surface area contributed by atoms with Crippen LogP contribution in [-0.2, 0) is 21.2 Å². The lowest BCUT2D eigenvalue weighted by atomic mass is 10.0. The Kier molecular flexibility index (Phi) is 7.13. The van der Waals surface area contributed by atoms with Crippen molar-refractivity contribution in [3.63, 3.8) is 0 Å². The minimum atomic E-state index is -4.26. The molecule has 9 nitrogen and oxygen atoms in total. The molecule has 0 spiro atoms. The fourth-order valence-electron chi connectivity index (χ4n) is 3.53. The second kappa shape index (κ2) is 10.2. The number of rotatable bonds is 7. The van der Waals surface area contributed by atoms with E-state index in [1.165, 1.54) is 23.1 Å². The van der Waals surface area contributed by atoms with Gasteiger partial charge in [-0.05, 0) is 29.8 Å². The molecule has 0 saturated heterocycles. The highest BCUT2D eigenvalue weighted by atomic mass is 35.5. The number of carbonyl (C=O) groups excluding carboxylic acids is 2. The van der Waals surface area contributed by atoms with Crippen LogP contribution in [0.15, 0.2) is 77.7 Å². The number of nitrogens with one attached hydrogen (secondary N) is 2. The van der Waals surface area contributed by atoms with Gasteiger partial charge in [0.2, 0.25) is 12.7 Å². The second-order valence-corrected chi connectivity index (χ2v) is 9.74. The van der Waals surface area contributed by atoms with E-state index in [0.717, 1.165) is 5.56 Å². The number of hydrogen-bond acceptors (Lipinski definition) is 6. The van der Waals surface area contributed by atoms with Crippen LogP contribution in [0.4, 0.5) is 10.5 Å². The lowest BCUT2D eigenvalue weighted by Crippen LogP contribution is -2.52. The van der Waals surface area contributed by atoms with Crippen molar-refractivity contribution in [2.75, 3.05) is 18.7 Å². The maximum absolute atomic E-state index is 13.4. The number of nitrogens with zero attached hydrogens (tertiary/aromatic N) is 1. The molecule has 0 aromatic heterocycles. The molecule has 3 amide bonds. The molecule has 3 aromatic rings. The lowest BCUT2D eigenvalue weighted by molar-refractivity contribution is -0.120. The summed E-state index contributed by atoms with van der Waals surface area (Å²) >= 11 is 5.97. The average Bonchev–Trinajstić information content (AvgIpc) is 3.31. The van der Waals surface area contributed by atoms with Crippen LogP contribution in [0, 0.1) is 0 Å². The molecule has 1 heterocycles. The van der Waals surface area contributed by atoms with E-state index in [2.05, 4.69) is 5.32 Å². The first-order valence-electron chi connectivity index (χ1n) is 10.5. The Hall–Kier alpha value is -3.76. The standard InChI is InChI=1S/C24H22ClN3O6S/c1-28(17-11-12-20-21(14-17)34-15-33-20)23(29)19(13-16-7-3-2-4-8-16)26-24(30)27-35(31,32)22-10-6-5-9-18(22)25/h2-12,14,19H,13,15H2,1H3,(H2,26,27,30). The summed E-state index contributed by atoms with van der Waals surface area (Å²) in [6.07, 6.45) is 0.133. The smallest absolute Gasteiger partial charge is 0.329 e. The predicted molar refractivity (Wildman–Crippen MR) is 130 cm³/mol. The van der Waals surface area contributed by atoms with E-state index in [1.807, 2.05) is 10.8 Å². The van der Waals surface area contributed by atoms with Crippen LogP contribution >= 0.6 is 11.6 Å². The van der Waals surface area contributed by atoms with Crippen LogP contribution in [-0.4, -0.2) is 40.2 Å². The summed E-state index contributed by atoms with van der Waals surface area (Å²) in [5.41, 5.74) is 1.29. The molecule has 1 unspecified atom stereocenters. The summed E-state index contributed by atoms with van der Waals surface area (Å²) in [4.78, 5) is 27.2. The van der Waals surface area contributed by atoms with Crippen molar-refractivity contribution in [1.29, 1.82) is 0 Å². The van der Waals surface area contributed by atoms with E-state index in [1.54, 1.807) is 55.6 Å². The van der Waals surface area contributed by atoms with E-state index < -0.39 is 28.0 Å². The number of sulfonamides is 1. The first-order valence-corrected chi connectivity index (χ1v) is 12.4. The van der Waals surface area contributed by atoms with Gasteiger partial charge >= 0.3 is 6.03 Å². The van der Waals surface area contributed by atoms with Gasteiger partial charge in [0.1, 0.15) is 10.9 Å². The van der Waals surface area contributed by atoms with E-state index >= 15 is 0 Å². The molecule has 0 radical (unpaired) electrons. The van der Waals surface area contributed by atoms with Gasteiger partial charge in [-0.25, -0.2) is 17.9 Å². The molecule has 4 rings (SSSR count). The number of hydrogen-bond donors (Lipinski definition) is 2. The number of carbonyl (C=O) groups is 2. The van der Waals surface area contributed by atoms with Crippen LogP contribution in [0.2, 0.25) is 5.02 Å². The van der Waals surface area contributed by atoms with Gasteiger partial charge in [-0.3, -0.25) is 4.79 Å². The Bertz CT molecular complexity index is 1350. The Morgan fingerprint density at radius 3 is 2.43 bits per heavy atom. The van der Waals surface area contributed by atoms with Gasteiger partial charge in [0.05, 0.1) is 5.02 Å². The Balaban J connectivity index is 1.55. The number of anilines is 1. The monoisotopic (exact) mass is 515 g/mol. The molecule has 3 aromatic carbocycles. The summed E-state index contributed by atoms with van der Waals surface area (Å²) in [6.45, 7) is 0.0920. The second-order valence-electron chi connectivity index (χ2n) is 7.69. The van der Waals surface area contributed by atoms with Gasteiger partial charge in [-0.1, -0.05) is 54.1 Å². The lowest BCUT2D eigenvalue weighted by Gasteiger charge is -2.25. The molecule has 1 aliphatic heterocycles. The van der Waals surface area contributed by atoms with Crippen molar-refractivity contribution in [3.8, 4) is 11.5 Å². The highest BCUT2D eigenvalue weighted by Gasteiger charge is 2.28. The number of urea groups is 1. The summed E-state index contributed by atoms with van der Waals surface area (Å²) in [7, 11) is -2.71. The molecular formula is C24H22ClN3O6S. The normalized spacial score (nSPS) is 13.1. The Labute approximate surface area is 207 Å². The van der Waals surface area contributed by atoms with Gasteiger partial charge in [0, 0.05) is 25.2 Å². The molecule has 11 heteroatoms. The SMILES string of the molecule is CN(C(=O)C(Cc1ccccc1)NC(=O)NS(=O)(=O)c1ccccc1Cl)c1ccc2c(c1)OCO2. The summed E-state index contributed by atoms with van der Waals surface area (Å²) in [6, 6.07) is 17.7. The first-order chi connectivity index (χ1) is 16.7. The molecule has 35 heavy (non-hydrogen) atoms. The summed E-state index contributed by atoms with van der Waals surface area (Å²) in [5, 5.41) is 2.46. The third-order valence-corrected chi connectivity index (χ3v) is 7.14. The average molecular weight is 516 g/mol. The van der Waals surface area contributed by atoms with Crippen LogP contribution in [0.3, 0.4) is 0 Å². The number of amides is 3. The van der Waals surface area contributed by atoms with Crippen molar-refractivity contribution in [3.05, 3.63) is 83.4 Å². The Morgan fingerprint density at radius 2 is 1.69 bits per heavy atom. The van der Waals surface area contributed by atoms with Crippen molar-refractivity contribution >= 4 is 39.2 Å². The van der Waals surface area contributed by atoms with E-state index in [9.17, 15) is 18.0 Å². The van der Waals surface area contributed by atoms with Crippen molar-refractivity contribution in [2.24, 2.45) is 0 Å². The highest BCUT2D eigenvalue weighted by molar-refractivity contribution is 7.90. The molecule has 1 atom stereocenters. The third-order valence-electron chi connectivity index (χ3n) is 5.31. The fourth-order valence-corrected chi connectivity index (χ4v) is 4.97. The molecule has 0 aliphatic carbocycles. The van der Waals surface area contributed by atoms with E-state index in [-0.39, 0.29) is 23.1 Å². The van der Waals surface area contributed by atoms with Gasteiger partial charge in [-0.15, -0.1) is 0 Å². The van der Waals surface area contributed by atoms with Crippen molar-refractivity contribution in [1.82, 2.24) is 10.0 Å².